The summed E-state index contributed by atoms with van der Waals surface area (Å²) in [6, 6.07) is 115. The number of ether oxygens (including phenoxy) is 2. The van der Waals surface area contributed by atoms with Crippen molar-refractivity contribution in [1.82, 2.24) is 0 Å². The van der Waals surface area contributed by atoms with Crippen LogP contribution < -0.4 is 14.4 Å². The zero-order chi connectivity index (χ0) is 55.1. The molecular formula is C81H51NO2. The summed E-state index contributed by atoms with van der Waals surface area (Å²) in [6.45, 7) is 0. The molecule has 0 aromatic heterocycles. The third-order valence-electron chi connectivity index (χ3n) is 19.1. The fourth-order valence-electron chi connectivity index (χ4n) is 16.0. The van der Waals surface area contributed by atoms with Gasteiger partial charge in [0.05, 0.1) is 21.9 Å². The van der Waals surface area contributed by atoms with Crippen LogP contribution in [0.1, 0.15) is 66.8 Å². The highest BCUT2D eigenvalue weighted by atomic mass is 16.5. The van der Waals surface area contributed by atoms with Gasteiger partial charge in [0.25, 0.3) is 0 Å². The predicted octanol–water partition coefficient (Wildman–Crippen LogP) is 20.1. The van der Waals surface area contributed by atoms with E-state index in [0.29, 0.717) is 0 Å². The summed E-state index contributed by atoms with van der Waals surface area (Å²) in [6.07, 6.45) is 0. The molecule has 5 aliphatic rings. The fraction of sp³-hybridized carbons (Fsp3) is 0.0370. The van der Waals surface area contributed by atoms with Crippen molar-refractivity contribution in [1.29, 1.82) is 0 Å². The molecule has 3 aliphatic carbocycles. The Bertz CT molecular complexity index is 4750. The van der Waals surface area contributed by atoms with Gasteiger partial charge in [-0.1, -0.05) is 255 Å². The Balaban J connectivity index is 0.918. The zero-order valence-electron chi connectivity index (χ0n) is 45.7. The van der Waals surface area contributed by atoms with Gasteiger partial charge in [0.1, 0.15) is 23.0 Å². The lowest BCUT2D eigenvalue weighted by molar-refractivity contribution is 0.436. The third-order valence-corrected chi connectivity index (χ3v) is 19.1. The molecule has 0 saturated heterocycles. The molecule has 2 heterocycles. The van der Waals surface area contributed by atoms with E-state index in [1.54, 1.807) is 0 Å². The van der Waals surface area contributed by atoms with Crippen molar-refractivity contribution < 1.29 is 9.47 Å². The van der Waals surface area contributed by atoms with Crippen LogP contribution >= 0.6 is 0 Å². The van der Waals surface area contributed by atoms with Gasteiger partial charge in [-0.2, -0.15) is 0 Å². The first-order valence-electron chi connectivity index (χ1n) is 29.1. The van der Waals surface area contributed by atoms with Crippen LogP contribution in [0.25, 0.3) is 44.5 Å². The second kappa shape index (κ2) is 17.6. The SMILES string of the molecule is c1ccc(C2(c3ccccc3)c3ccccc3-c3ccc(N(c4cccc(-c5cccc6c5-c5ccccc5C65c6ccccc6Oc6ccccc65)c4)c4cccc5c4-c4ccccc4C54c5ccccc5Oc5ccccc54)cc32)cc1. The van der Waals surface area contributed by atoms with Crippen LogP contribution in [0, 0.1) is 0 Å². The van der Waals surface area contributed by atoms with E-state index in [2.05, 4.69) is 314 Å². The number of hydrogen-bond acceptors (Lipinski definition) is 3. The first-order chi connectivity index (χ1) is 41.7. The van der Waals surface area contributed by atoms with E-state index in [1.807, 2.05) is 0 Å². The summed E-state index contributed by atoms with van der Waals surface area (Å²) in [5.41, 5.74) is 25.5. The molecule has 2 spiro atoms. The van der Waals surface area contributed by atoms with Gasteiger partial charge in [-0.05, 0) is 138 Å². The van der Waals surface area contributed by atoms with Crippen molar-refractivity contribution >= 4 is 17.1 Å². The van der Waals surface area contributed by atoms with E-state index >= 15 is 0 Å². The van der Waals surface area contributed by atoms with Gasteiger partial charge >= 0.3 is 0 Å². The molecule has 0 unspecified atom stereocenters. The molecule has 3 heteroatoms. The molecule has 13 aromatic carbocycles. The van der Waals surface area contributed by atoms with Crippen LogP contribution in [-0.2, 0) is 16.2 Å². The number of para-hydroxylation sites is 4. The molecule has 0 N–H and O–H groups in total. The van der Waals surface area contributed by atoms with Crippen LogP contribution in [0.3, 0.4) is 0 Å². The second-order valence-corrected chi connectivity index (χ2v) is 22.9. The summed E-state index contributed by atoms with van der Waals surface area (Å²) in [7, 11) is 0. The molecule has 392 valence electrons. The first-order valence-corrected chi connectivity index (χ1v) is 29.1. The van der Waals surface area contributed by atoms with Crippen molar-refractivity contribution in [3.63, 3.8) is 0 Å². The van der Waals surface area contributed by atoms with Crippen molar-refractivity contribution in [3.05, 3.63) is 376 Å². The number of rotatable bonds is 6. The number of anilines is 3. The Labute approximate surface area is 488 Å². The molecule has 0 amide bonds. The first kappa shape index (κ1) is 47.0. The third kappa shape index (κ3) is 6.04. The normalized spacial score (nSPS) is 14.7. The molecule has 18 rings (SSSR count). The highest BCUT2D eigenvalue weighted by Crippen LogP contribution is 2.67. The molecule has 2 aliphatic heterocycles. The van der Waals surface area contributed by atoms with Gasteiger partial charge in [0, 0.05) is 39.2 Å². The number of benzene rings is 13. The quantitative estimate of drug-likeness (QED) is 0.166. The lowest BCUT2D eigenvalue weighted by Crippen LogP contribution is -2.32. The maximum Gasteiger partial charge on any atom is 0.132 e. The van der Waals surface area contributed by atoms with Gasteiger partial charge in [-0.25, -0.2) is 0 Å². The van der Waals surface area contributed by atoms with Crippen molar-refractivity contribution in [2.45, 2.75) is 16.2 Å². The molecule has 0 fully saturated rings. The number of nitrogens with zero attached hydrogens (tertiary/aromatic N) is 1. The Morgan fingerprint density at radius 1 is 0.226 bits per heavy atom. The van der Waals surface area contributed by atoms with E-state index in [9.17, 15) is 0 Å². The lowest BCUT2D eigenvalue weighted by atomic mass is 9.66. The Morgan fingerprint density at radius 3 is 1.15 bits per heavy atom. The zero-order valence-corrected chi connectivity index (χ0v) is 45.7. The lowest BCUT2D eigenvalue weighted by Gasteiger charge is -2.39. The smallest absolute Gasteiger partial charge is 0.132 e. The Kier molecular flexibility index (Phi) is 9.86. The monoisotopic (exact) mass is 1070 g/mol. The average Bonchev–Trinajstić information content (AvgIpc) is 1.61. The van der Waals surface area contributed by atoms with Crippen molar-refractivity contribution in [3.8, 4) is 67.5 Å². The van der Waals surface area contributed by atoms with Crippen LogP contribution in [0.5, 0.6) is 23.0 Å². The molecule has 84 heavy (non-hydrogen) atoms. The Morgan fingerprint density at radius 2 is 0.607 bits per heavy atom. The molecular weight excluding hydrogens is 1020 g/mol. The number of hydrogen-bond donors (Lipinski definition) is 0. The minimum absolute atomic E-state index is 0.599. The summed E-state index contributed by atoms with van der Waals surface area (Å²) >= 11 is 0. The standard InChI is InChI=1S/C81H51NO2/c1-3-25-53(26-4-1)79(54-27-5-2-6-28-54)62-34-10-7-30-58(62)59-49-48-56(51-71(59)79)82(72-43-23-42-70-78(72)61-32-9-12-36-64(61)81(70)67-39-15-19-46-75(67)84-76-47-20-16-40-68(76)81)55-29-21-24-52(50-55)57-33-22-41-69-77(57)60-31-8-11-35-63(60)80(69)65-37-13-17-44-73(65)83-74-45-18-14-38-66(74)80/h1-51H. The van der Waals surface area contributed by atoms with E-state index in [4.69, 9.17) is 9.47 Å². The van der Waals surface area contributed by atoms with E-state index in [-0.39, 0.29) is 0 Å². The largest absolute Gasteiger partial charge is 0.457 e. The summed E-state index contributed by atoms with van der Waals surface area (Å²) < 4.78 is 13.6. The van der Waals surface area contributed by atoms with Gasteiger partial charge < -0.3 is 14.4 Å². The average molecular weight is 1070 g/mol. The predicted molar refractivity (Wildman–Crippen MR) is 339 cm³/mol. The minimum atomic E-state index is -0.661. The minimum Gasteiger partial charge on any atom is -0.457 e. The highest BCUT2D eigenvalue weighted by molar-refractivity contribution is 6.01. The summed E-state index contributed by atoms with van der Waals surface area (Å²) in [4.78, 5) is 2.56. The number of fused-ring (bicyclic) bond motifs is 21. The highest BCUT2D eigenvalue weighted by Gasteiger charge is 2.54. The Hall–Kier alpha value is -10.7. The van der Waals surface area contributed by atoms with Crippen LogP contribution in [0.2, 0.25) is 0 Å². The van der Waals surface area contributed by atoms with Gasteiger partial charge in [-0.3, -0.25) is 0 Å². The van der Waals surface area contributed by atoms with Crippen LogP contribution in [-0.4, -0.2) is 0 Å². The van der Waals surface area contributed by atoms with E-state index in [1.165, 1.54) is 83.5 Å². The fourth-order valence-corrected chi connectivity index (χ4v) is 16.0. The van der Waals surface area contributed by atoms with Crippen LogP contribution in [0.4, 0.5) is 17.1 Å². The van der Waals surface area contributed by atoms with Crippen molar-refractivity contribution in [2.24, 2.45) is 0 Å². The van der Waals surface area contributed by atoms with Gasteiger partial charge in [-0.15, -0.1) is 0 Å². The summed E-state index contributed by atoms with van der Waals surface area (Å²) in [5.74, 6) is 3.51. The van der Waals surface area contributed by atoms with E-state index < -0.39 is 16.2 Å². The molecule has 0 atom stereocenters. The van der Waals surface area contributed by atoms with Gasteiger partial charge in [0.2, 0.25) is 0 Å². The van der Waals surface area contributed by atoms with Crippen molar-refractivity contribution in [2.75, 3.05) is 4.90 Å². The molecule has 0 radical (unpaired) electrons. The molecule has 3 nitrogen and oxygen atoms in total. The summed E-state index contributed by atoms with van der Waals surface area (Å²) in [5, 5.41) is 0. The molecule has 0 saturated carbocycles. The topological polar surface area (TPSA) is 21.7 Å². The molecule has 13 aromatic rings. The van der Waals surface area contributed by atoms with E-state index in [0.717, 1.165) is 67.9 Å². The maximum absolute atomic E-state index is 6.84. The van der Waals surface area contributed by atoms with Gasteiger partial charge in [0.15, 0.2) is 0 Å². The second-order valence-electron chi connectivity index (χ2n) is 22.9. The maximum atomic E-state index is 6.84. The van der Waals surface area contributed by atoms with Crippen LogP contribution in [0.15, 0.2) is 309 Å². The molecule has 0 bridgehead atoms.